The van der Waals surface area contributed by atoms with E-state index in [9.17, 15) is 0 Å². The lowest BCUT2D eigenvalue weighted by Crippen LogP contribution is -2.30. The minimum atomic E-state index is 0.534. The monoisotopic (exact) mass is 213 g/mol. The summed E-state index contributed by atoms with van der Waals surface area (Å²) in [6.07, 6.45) is 9.83. The van der Waals surface area contributed by atoms with E-state index in [1.54, 1.807) is 0 Å². The number of ether oxygens (including phenoxy) is 1. The third-order valence-electron chi connectivity index (χ3n) is 3.54. The molecule has 1 aliphatic carbocycles. The molecular formula is C13H27NO. The second kappa shape index (κ2) is 8.12. The molecule has 1 aliphatic rings. The van der Waals surface area contributed by atoms with Crippen LogP contribution in [0.4, 0.5) is 0 Å². The van der Waals surface area contributed by atoms with E-state index in [4.69, 9.17) is 4.74 Å². The van der Waals surface area contributed by atoms with Crippen molar-refractivity contribution in [3.63, 3.8) is 0 Å². The summed E-state index contributed by atoms with van der Waals surface area (Å²) in [4.78, 5) is 0. The van der Waals surface area contributed by atoms with Gasteiger partial charge in [0.25, 0.3) is 0 Å². The lowest BCUT2D eigenvalue weighted by Gasteiger charge is -2.30. The van der Waals surface area contributed by atoms with Gasteiger partial charge in [0.15, 0.2) is 0 Å². The SMILES string of the molecule is CCCCNCCC1CCCCC1OC. The quantitative estimate of drug-likeness (QED) is 0.656. The number of hydrogen-bond acceptors (Lipinski definition) is 2. The van der Waals surface area contributed by atoms with Crippen molar-refractivity contribution in [2.24, 2.45) is 5.92 Å². The molecule has 1 rings (SSSR count). The summed E-state index contributed by atoms with van der Waals surface area (Å²) >= 11 is 0. The second-order valence-electron chi connectivity index (χ2n) is 4.71. The number of unbranched alkanes of at least 4 members (excludes halogenated alkanes) is 1. The van der Waals surface area contributed by atoms with Crippen LogP contribution in [0.1, 0.15) is 51.9 Å². The van der Waals surface area contributed by atoms with Crippen LogP contribution in [0.5, 0.6) is 0 Å². The van der Waals surface area contributed by atoms with E-state index in [0.717, 1.165) is 5.92 Å². The van der Waals surface area contributed by atoms with E-state index in [1.165, 1.54) is 58.0 Å². The fraction of sp³-hybridized carbons (Fsp3) is 1.00. The van der Waals surface area contributed by atoms with Gasteiger partial charge in [0, 0.05) is 7.11 Å². The standard InChI is InChI=1S/C13H27NO/c1-3-4-10-14-11-9-12-7-5-6-8-13(12)15-2/h12-14H,3-11H2,1-2H3. The largest absolute Gasteiger partial charge is 0.381 e. The lowest BCUT2D eigenvalue weighted by molar-refractivity contribution is 0.0206. The molecule has 0 aromatic heterocycles. The van der Waals surface area contributed by atoms with Crippen LogP contribution in [0.2, 0.25) is 0 Å². The Balaban J connectivity index is 2.07. The van der Waals surface area contributed by atoms with Crippen LogP contribution in [0.25, 0.3) is 0 Å². The highest BCUT2D eigenvalue weighted by Crippen LogP contribution is 2.28. The molecule has 1 N–H and O–H groups in total. The van der Waals surface area contributed by atoms with Gasteiger partial charge in [-0.3, -0.25) is 0 Å². The van der Waals surface area contributed by atoms with Crippen molar-refractivity contribution in [2.45, 2.75) is 58.0 Å². The molecule has 0 amide bonds. The molecule has 0 heterocycles. The second-order valence-corrected chi connectivity index (χ2v) is 4.71. The maximum Gasteiger partial charge on any atom is 0.0600 e. The van der Waals surface area contributed by atoms with Crippen LogP contribution in [-0.4, -0.2) is 26.3 Å². The highest BCUT2D eigenvalue weighted by atomic mass is 16.5. The number of rotatable bonds is 7. The molecule has 2 heteroatoms. The highest BCUT2D eigenvalue weighted by molar-refractivity contribution is 4.76. The van der Waals surface area contributed by atoms with Crippen molar-refractivity contribution in [3.05, 3.63) is 0 Å². The first-order chi connectivity index (χ1) is 7.38. The van der Waals surface area contributed by atoms with Crippen molar-refractivity contribution < 1.29 is 4.74 Å². The van der Waals surface area contributed by atoms with Crippen LogP contribution < -0.4 is 5.32 Å². The summed E-state index contributed by atoms with van der Waals surface area (Å²) in [6.45, 7) is 4.59. The van der Waals surface area contributed by atoms with Crippen LogP contribution in [0, 0.1) is 5.92 Å². The van der Waals surface area contributed by atoms with E-state index in [2.05, 4.69) is 12.2 Å². The Bertz CT molecular complexity index is 149. The first-order valence-electron chi connectivity index (χ1n) is 6.62. The van der Waals surface area contributed by atoms with Crippen LogP contribution >= 0.6 is 0 Å². The molecule has 90 valence electrons. The molecule has 0 aromatic rings. The highest BCUT2D eigenvalue weighted by Gasteiger charge is 2.23. The smallest absolute Gasteiger partial charge is 0.0600 e. The van der Waals surface area contributed by atoms with Crippen molar-refractivity contribution in [1.29, 1.82) is 0 Å². The summed E-state index contributed by atoms with van der Waals surface area (Å²) in [7, 11) is 1.87. The van der Waals surface area contributed by atoms with Gasteiger partial charge in [-0.1, -0.05) is 26.2 Å². The maximum atomic E-state index is 5.55. The molecule has 0 aromatic carbocycles. The minimum absolute atomic E-state index is 0.534. The predicted octanol–water partition coefficient (Wildman–Crippen LogP) is 2.97. The Morgan fingerprint density at radius 2 is 2.00 bits per heavy atom. The zero-order chi connectivity index (χ0) is 10.9. The average Bonchev–Trinajstić information content (AvgIpc) is 2.29. The van der Waals surface area contributed by atoms with Gasteiger partial charge in [-0.2, -0.15) is 0 Å². The van der Waals surface area contributed by atoms with Crippen molar-refractivity contribution in [1.82, 2.24) is 5.32 Å². The molecule has 2 nitrogen and oxygen atoms in total. The minimum Gasteiger partial charge on any atom is -0.381 e. The van der Waals surface area contributed by atoms with Crippen molar-refractivity contribution in [3.8, 4) is 0 Å². The molecular weight excluding hydrogens is 186 g/mol. The van der Waals surface area contributed by atoms with E-state index >= 15 is 0 Å². The van der Waals surface area contributed by atoms with Crippen LogP contribution in [0.3, 0.4) is 0 Å². The molecule has 0 radical (unpaired) electrons. The van der Waals surface area contributed by atoms with Gasteiger partial charge >= 0.3 is 0 Å². The maximum absolute atomic E-state index is 5.55. The predicted molar refractivity (Wildman–Crippen MR) is 65.1 cm³/mol. The third-order valence-corrected chi connectivity index (χ3v) is 3.54. The van der Waals surface area contributed by atoms with E-state index < -0.39 is 0 Å². The Morgan fingerprint density at radius 1 is 1.20 bits per heavy atom. The van der Waals surface area contributed by atoms with Gasteiger partial charge in [0.2, 0.25) is 0 Å². The van der Waals surface area contributed by atoms with Gasteiger partial charge in [-0.15, -0.1) is 0 Å². The van der Waals surface area contributed by atoms with Gasteiger partial charge in [0.05, 0.1) is 6.10 Å². The molecule has 2 unspecified atom stereocenters. The normalized spacial score (nSPS) is 26.8. The zero-order valence-electron chi connectivity index (χ0n) is 10.4. The summed E-state index contributed by atoms with van der Waals surface area (Å²) < 4.78 is 5.55. The summed E-state index contributed by atoms with van der Waals surface area (Å²) in [6, 6.07) is 0. The van der Waals surface area contributed by atoms with Crippen LogP contribution in [-0.2, 0) is 4.74 Å². The topological polar surface area (TPSA) is 21.3 Å². The number of methoxy groups -OCH3 is 1. The molecule has 0 bridgehead atoms. The van der Waals surface area contributed by atoms with Gasteiger partial charge in [0.1, 0.15) is 0 Å². The fourth-order valence-corrected chi connectivity index (χ4v) is 2.53. The molecule has 15 heavy (non-hydrogen) atoms. The number of nitrogens with one attached hydrogen (secondary N) is 1. The number of hydrogen-bond donors (Lipinski definition) is 1. The zero-order valence-corrected chi connectivity index (χ0v) is 10.4. The van der Waals surface area contributed by atoms with Crippen LogP contribution in [0.15, 0.2) is 0 Å². The van der Waals surface area contributed by atoms with Crippen molar-refractivity contribution >= 4 is 0 Å². The molecule has 1 saturated carbocycles. The summed E-state index contributed by atoms with van der Waals surface area (Å²) in [5, 5.41) is 3.52. The molecule has 2 atom stereocenters. The summed E-state index contributed by atoms with van der Waals surface area (Å²) in [5.41, 5.74) is 0. The Labute approximate surface area is 94.8 Å². The Morgan fingerprint density at radius 3 is 2.73 bits per heavy atom. The van der Waals surface area contributed by atoms with Gasteiger partial charge in [-0.25, -0.2) is 0 Å². The fourth-order valence-electron chi connectivity index (χ4n) is 2.53. The van der Waals surface area contributed by atoms with E-state index in [-0.39, 0.29) is 0 Å². The molecule has 0 saturated heterocycles. The van der Waals surface area contributed by atoms with E-state index in [0.29, 0.717) is 6.10 Å². The molecule has 0 spiro atoms. The molecule has 0 aliphatic heterocycles. The summed E-state index contributed by atoms with van der Waals surface area (Å²) in [5.74, 6) is 0.804. The first kappa shape index (κ1) is 13.0. The first-order valence-corrected chi connectivity index (χ1v) is 6.62. The van der Waals surface area contributed by atoms with Gasteiger partial charge < -0.3 is 10.1 Å². The Kier molecular flexibility index (Phi) is 7.03. The average molecular weight is 213 g/mol. The lowest BCUT2D eigenvalue weighted by atomic mass is 9.84. The van der Waals surface area contributed by atoms with E-state index in [1.807, 2.05) is 7.11 Å². The Hall–Kier alpha value is -0.0800. The third kappa shape index (κ3) is 4.98. The van der Waals surface area contributed by atoms with Crippen molar-refractivity contribution in [2.75, 3.05) is 20.2 Å². The molecule has 1 fully saturated rings. The van der Waals surface area contributed by atoms with Gasteiger partial charge in [-0.05, 0) is 44.7 Å².